The van der Waals surface area contributed by atoms with Crippen LogP contribution >= 0.6 is 12.0 Å². The van der Waals surface area contributed by atoms with Gasteiger partial charge in [0.25, 0.3) is 10.1 Å². The van der Waals surface area contributed by atoms with Crippen LogP contribution in [-0.4, -0.2) is 23.3 Å². The van der Waals surface area contributed by atoms with Crippen LogP contribution in [0.1, 0.15) is 5.56 Å². The van der Waals surface area contributed by atoms with Crippen molar-refractivity contribution in [2.24, 2.45) is 0 Å². The molecule has 0 fully saturated rings. The van der Waals surface area contributed by atoms with Gasteiger partial charge < -0.3 is 10.8 Å². The van der Waals surface area contributed by atoms with Gasteiger partial charge in [-0.25, -0.2) is 5.26 Å². The van der Waals surface area contributed by atoms with E-state index in [9.17, 15) is 13.5 Å². The molecule has 5 N–H and O–H groups in total. The van der Waals surface area contributed by atoms with E-state index in [0.717, 1.165) is 6.07 Å². The minimum Gasteiger partial charge on any atom is -0.507 e. The number of phenolic OH excluding ortho intramolecular Hbond substituents is 1. The molecule has 0 amide bonds. The highest BCUT2D eigenvalue weighted by Crippen LogP contribution is 2.38. The number of anilines is 1. The Morgan fingerprint density at radius 3 is 2.52 bits per heavy atom. The zero-order valence-corrected chi connectivity index (χ0v) is 12.2. The third-order valence-electron chi connectivity index (χ3n) is 2.88. The van der Waals surface area contributed by atoms with Crippen molar-refractivity contribution in [1.29, 1.82) is 0 Å². The standard InChI is InChI=1S/C11H11NO7S2/c1-5-9(20-19-18-14)2-6-3-10(21(15,16)17)8(12)4-7(6)11(5)13/h2-4,13-14H,12H2,1H3,(H,15,16,17). The molecule has 0 saturated carbocycles. The van der Waals surface area contributed by atoms with Gasteiger partial charge in [-0.15, -0.1) is 4.33 Å². The van der Waals surface area contributed by atoms with E-state index in [1.807, 2.05) is 0 Å². The van der Waals surface area contributed by atoms with Crippen LogP contribution in [0.4, 0.5) is 5.69 Å². The molecule has 114 valence electrons. The summed E-state index contributed by atoms with van der Waals surface area (Å²) in [6, 6.07) is 3.86. The van der Waals surface area contributed by atoms with Crippen LogP contribution in [0, 0.1) is 6.92 Å². The monoisotopic (exact) mass is 333 g/mol. The van der Waals surface area contributed by atoms with Crippen molar-refractivity contribution < 1.29 is 32.7 Å². The molecular formula is C11H11NO7S2. The van der Waals surface area contributed by atoms with Gasteiger partial charge in [-0.3, -0.25) is 4.55 Å². The van der Waals surface area contributed by atoms with E-state index in [1.165, 1.54) is 12.1 Å². The maximum atomic E-state index is 11.2. The molecule has 0 aliphatic carbocycles. The van der Waals surface area contributed by atoms with Crippen LogP contribution in [0.2, 0.25) is 0 Å². The number of hydrogen-bond acceptors (Lipinski definition) is 8. The summed E-state index contributed by atoms with van der Waals surface area (Å²) in [7, 11) is -4.49. The molecule has 0 spiro atoms. The lowest BCUT2D eigenvalue weighted by molar-refractivity contribution is -0.432. The number of nitrogens with two attached hydrogens (primary N) is 1. The lowest BCUT2D eigenvalue weighted by Gasteiger charge is -2.11. The molecule has 0 aliphatic rings. The molecule has 0 unspecified atom stereocenters. The van der Waals surface area contributed by atoms with Gasteiger partial charge in [0.1, 0.15) is 10.6 Å². The number of fused-ring (bicyclic) bond motifs is 1. The van der Waals surface area contributed by atoms with E-state index in [4.69, 9.17) is 15.5 Å². The van der Waals surface area contributed by atoms with Gasteiger partial charge in [0.15, 0.2) is 0 Å². The fraction of sp³-hybridized carbons (Fsp3) is 0.0909. The fourth-order valence-electron chi connectivity index (χ4n) is 1.87. The van der Waals surface area contributed by atoms with Crippen molar-refractivity contribution in [1.82, 2.24) is 0 Å². The van der Waals surface area contributed by atoms with E-state index in [-0.39, 0.29) is 11.4 Å². The van der Waals surface area contributed by atoms with Gasteiger partial charge in [-0.2, -0.15) is 8.42 Å². The van der Waals surface area contributed by atoms with Crippen molar-refractivity contribution >= 4 is 38.6 Å². The predicted molar refractivity (Wildman–Crippen MR) is 75.2 cm³/mol. The molecule has 0 heterocycles. The Kier molecular flexibility index (Phi) is 4.27. The van der Waals surface area contributed by atoms with Crippen LogP contribution in [0.15, 0.2) is 28.0 Å². The van der Waals surface area contributed by atoms with E-state index in [0.29, 0.717) is 33.3 Å². The van der Waals surface area contributed by atoms with E-state index < -0.39 is 15.0 Å². The van der Waals surface area contributed by atoms with Crippen LogP contribution in [0.25, 0.3) is 10.8 Å². The zero-order valence-electron chi connectivity index (χ0n) is 10.6. The average molecular weight is 333 g/mol. The first-order valence-corrected chi connectivity index (χ1v) is 7.62. The highest BCUT2D eigenvalue weighted by Gasteiger charge is 2.18. The Labute approximate surface area is 123 Å². The summed E-state index contributed by atoms with van der Waals surface area (Å²) in [5.74, 6) is -0.134. The average Bonchev–Trinajstić information content (AvgIpc) is 2.40. The highest BCUT2D eigenvalue weighted by atomic mass is 32.2. The quantitative estimate of drug-likeness (QED) is 0.218. The zero-order chi connectivity index (χ0) is 15.8. The third kappa shape index (κ3) is 3.05. The Hall–Kier alpha value is -1.56. The van der Waals surface area contributed by atoms with Crippen LogP contribution in [0.3, 0.4) is 0 Å². The van der Waals surface area contributed by atoms with E-state index in [2.05, 4.69) is 9.37 Å². The van der Waals surface area contributed by atoms with Crippen molar-refractivity contribution in [3.05, 3.63) is 23.8 Å². The van der Waals surface area contributed by atoms with Gasteiger partial charge in [-0.1, -0.05) is 5.04 Å². The molecule has 0 radical (unpaired) electrons. The van der Waals surface area contributed by atoms with Crippen molar-refractivity contribution in [2.75, 3.05) is 5.73 Å². The summed E-state index contributed by atoms with van der Waals surface area (Å²) in [6.07, 6.45) is 0. The topological polar surface area (TPSA) is 139 Å². The Morgan fingerprint density at radius 2 is 1.95 bits per heavy atom. The second-order valence-corrected chi connectivity index (χ2v) is 6.29. The Bertz CT molecular complexity index is 804. The molecule has 0 bridgehead atoms. The molecule has 0 saturated heterocycles. The van der Waals surface area contributed by atoms with Gasteiger partial charge in [0.05, 0.1) is 17.7 Å². The predicted octanol–water partition coefficient (Wildman–Crippen LogP) is 2.11. The first-order chi connectivity index (χ1) is 9.75. The summed E-state index contributed by atoms with van der Waals surface area (Å²) in [6.45, 7) is 1.59. The van der Waals surface area contributed by atoms with Crippen molar-refractivity contribution in [3.8, 4) is 5.75 Å². The van der Waals surface area contributed by atoms with Crippen LogP contribution in [-0.2, 0) is 19.5 Å². The molecule has 0 aliphatic heterocycles. The van der Waals surface area contributed by atoms with Crippen LogP contribution in [0.5, 0.6) is 5.75 Å². The summed E-state index contributed by atoms with van der Waals surface area (Å²) in [5, 5.41) is 22.4. The maximum absolute atomic E-state index is 11.2. The minimum atomic E-state index is -4.49. The molecular weight excluding hydrogens is 322 g/mol. The summed E-state index contributed by atoms with van der Waals surface area (Å²) in [4.78, 5) is -0.0892. The number of nitrogen functional groups attached to an aromatic ring is 1. The second-order valence-electron chi connectivity index (χ2n) is 4.16. The lowest BCUT2D eigenvalue weighted by Crippen LogP contribution is -2.03. The summed E-state index contributed by atoms with van der Waals surface area (Å²) < 4.78 is 35.9. The van der Waals surface area contributed by atoms with E-state index in [1.54, 1.807) is 6.92 Å². The van der Waals surface area contributed by atoms with Gasteiger partial charge in [0.2, 0.25) is 0 Å². The first-order valence-electron chi connectivity index (χ1n) is 5.43. The maximum Gasteiger partial charge on any atom is 0.296 e. The number of rotatable bonds is 4. The molecule has 0 atom stereocenters. The third-order valence-corrected chi connectivity index (χ3v) is 4.52. The second kappa shape index (κ2) is 5.67. The van der Waals surface area contributed by atoms with E-state index >= 15 is 0 Å². The summed E-state index contributed by atoms with van der Waals surface area (Å²) in [5.41, 5.74) is 5.81. The molecule has 10 heteroatoms. The Balaban J connectivity index is 2.74. The number of hydrogen-bond donors (Lipinski definition) is 4. The highest BCUT2D eigenvalue weighted by molar-refractivity contribution is 7.94. The van der Waals surface area contributed by atoms with Gasteiger partial charge >= 0.3 is 0 Å². The number of benzene rings is 2. The molecule has 0 aromatic heterocycles. The largest absolute Gasteiger partial charge is 0.507 e. The number of phenols is 1. The molecule has 2 aromatic rings. The lowest BCUT2D eigenvalue weighted by atomic mass is 10.1. The minimum absolute atomic E-state index is 0.134. The van der Waals surface area contributed by atoms with Gasteiger partial charge in [-0.05, 0) is 30.5 Å². The first kappa shape index (κ1) is 15.8. The van der Waals surface area contributed by atoms with Crippen LogP contribution < -0.4 is 5.73 Å². The number of aromatic hydroxyl groups is 1. The summed E-state index contributed by atoms with van der Waals surface area (Å²) >= 11 is 0.618. The fourth-order valence-corrected chi connectivity index (χ4v) is 3.00. The van der Waals surface area contributed by atoms with Gasteiger partial charge in [0, 0.05) is 15.8 Å². The van der Waals surface area contributed by atoms with Crippen molar-refractivity contribution in [3.63, 3.8) is 0 Å². The smallest absolute Gasteiger partial charge is 0.296 e. The Morgan fingerprint density at radius 1 is 1.29 bits per heavy atom. The molecule has 2 rings (SSSR count). The molecule has 2 aromatic carbocycles. The molecule has 21 heavy (non-hydrogen) atoms. The van der Waals surface area contributed by atoms with Crippen molar-refractivity contribution in [2.45, 2.75) is 16.7 Å². The normalized spacial score (nSPS) is 12.0. The molecule has 8 nitrogen and oxygen atoms in total. The SMILES string of the molecule is Cc1c(SOOO)cc2cc(S(=O)(=O)O)c(N)cc2c1O.